The molecule has 3 nitrogen and oxygen atoms in total. The van der Waals surface area contributed by atoms with Gasteiger partial charge in [0.25, 0.3) is 0 Å². The fourth-order valence-electron chi connectivity index (χ4n) is 2.57. The zero-order chi connectivity index (χ0) is 14.0. The first-order chi connectivity index (χ1) is 8.90. The van der Waals surface area contributed by atoms with Gasteiger partial charge >= 0.3 is 0 Å². The normalized spacial score (nSPS) is 17.8. The summed E-state index contributed by atoms with van der Waals surface area (Å²) < 4.78 is 1.11. The van der Waals surface area contributed by atoms with Crippen molar-refractivity contribution in [1.82, 2.24) is 4.90 Å². The molecule has 4 heteroatoms. The van der Waals surface area contributed by atoms with Crippen LogP contribution in [-0.4, -0.2) is 36.6 Å². The molecule has 1 aromatic rings. The van der Waals surface area contributed by atoms with E-state index in [0.29, 0.717) is 6.54 Å². The molecule has 0 amide bonds. The van der Waals surface area contributed by atoms with E-state index < -0.39 is 0 Å². The van der Waals surface area contributed by atoms with E-state index in [9.17, 15) is 0 Å². The lowest BCUT2D eigenvalue weighted by molar-refractivity contribution is 0.128. The second kappa shape index (κ2) is 5.81. The smallest absolute Gasteiger partial charge is 0.0381 e. The Kier molecular flexibility index (Phi) is 4.54. The molecule has 0 aromatic heterocycles. The molecule has 1 aliphatic heterocycles. The first kappa shape index (κ1) is 14.8. The van der Waals surface area contributed by atoms with Gasteiger partial charge in [0, 0.05) is 48.4 Å². The van der Waals surface area contributed by atoms with Gasteiger partial charge in [-0.1, -0.05) is 15.9 Å². The molecule has 0 aliphatic carbocycles. The van der Waals surface area contributed by atoms with Crippen LogP contribution in [0.3, 0.4) is 0 Å². The van der Waals surface area contributed by atoms with E-state index in [1.807, 2.05) is 0 Å². The molecular weight excluding hydrogens is 302 g/mol. The Morgan fingerprint density at radius 3 is 2.26 bits per heavy atom. The topological polar surface area (TPSA) is 32.5 Å². The SMILES string of the molecule is CC(C)(C)N1CCN(c2cc(Br)cc(CN)c2)CC1. The third-order valence-electron chi connectivity index (χ3n) is 3.77. The van der Waals surface area contributed by atoms with Crippen molar-refractivity contribution in [1.29, 1.82) is 0 Å². The van der Waals surface area contributed by atoms with Crippen LogP contribution in [0.4, 0.5) is 5.69 Å². The number of benzene rings is 1. The van der Waals surface area contributed by atoms with E-state index in [2.05, 4.69) is 64.7 Å². The van der Waals surface area contributed by atoms with E-state index in [4.69, 9.17) is 5.73 Å². The molecule has 106 valence electrons. The van der Waals surface area contributed by atoms with Crippen LogP contribution in [0.5, 0.6) is 0 Å². The van der Waals surface area contributed by atoms with Crippen molar-refractivity contribution >= 4 is 21.6 Å². The minimum atomic E-state index is 0.270. The third kappa shape index (κ3) is 3.71. The molecule has 19 heavy (non-hydrogen) atoms. The molecule has 0 spiro atoms. The van der Waals surface area contributed by atoms with Crippen LogP contribution >= 0.6 is 15.9 Å². The highest BCUT2D eigenvalue weighted by Crippen LogP contribution is 2.25. The summed E-state index contributed by atoms with van der Waals surface area (Å²) in [7, 11) is 0. The molecule has 1 saturated heterocycles. The van der Waals surface area contributed by atoms with Crippen LogP contribution in [0, 0.1) is 0 Å². The molecule has 1 aliphatic rings. The summed E-state index contributed by atoms with van der Waals surface area (Å²) in [6.45, 7) is 11.8. The van der Waals surface area contributed by atoms with Gasteiger partial charge in [-0.15, -0.1) is 0 Å². The highest BCUT2D eigenvalue weighted by atomic mass is 79.9. The summed E-state index contributed by atoms with van der Waals surface area (Å²) in [5.41, 5.74) is 8.48. The lowest BCUT2D eigenvalue weighted by atomic mass is 10.0. The Bertz CT molecular complexity index is 432. The molecule has 0 unspecified atom stereocenters. The van der Waals surface area contributed by atoms with Crippen molar-refractivity contribution < 1.29 is 0 Å². The Labute approximate surface area is 124 Å². The lowest BCUT2D eigenvalue weighted by Crippen LogP contribution is -2.53. The maximum absolute atomic E-state index is 5.75. The lowest BCUT2D eigenvalue weighted by Gasteiger charge is -2.43. The molecule has 2 rings (SSSR count). The summed E-state index contributed by atoms with van der Waals surface area (Å²) in [5.74, 6) is 0. The minimum absolute atomic E-state index is 0.270. The fourth-order valence-corrected chi connectivity index (χ4v) is 3.10. The average Bonchev–Trinajstić information content (AvgIpc) is 2.37. The zero-order valence-corrected chi connectivity index (χ0v) is 13.7. The van der Waals surface area contributed by atoms with Crippen LogP contribution in [0.1, 0.15) is 26.3 Å². The number of rotatable bonds is 2. The maximum atomic E-state index is 5.75. The van der Waals surface area contributed by atoms with E-state index >= 15 is 0 Å². The van der Waals surface area contributed by atoms with Gasteiger partial charge < -0.3 is 10.6 Å². The number of hydrogen-bond donors (Lipinski definition) is 1. The Hall–Kier alpha value is -0.580. The molecule has 1 heterocycles. The number of halogens is 1. The highest BCUT2D eigenvalue weighted by molar-refractivity contribution is 9.10. The second-order valence-electron chi connectivity index (χ2n) is 6.17. The average molecular weight is 326 g/mol. The van der Waals surface area contributed by atoms with E-state index in [1.165, 1.54) is 11.3 Å². The molecular formula is C15H24BrN3. The molecule has 0 saturated carbocycles. The van der Waals surface area contributed by atoms with Gasteiger partial charge in [0.05, 0.1) is 0 Å². The fraction of sp³-hybridized carbons (Fsp3) is 0.600. The van der Waals surface area contributed by atoms with Gasteiger partial charge in [-0.25, -0.2) is 0 Å². The highest BCUT2D eigenvalue weighted by Gasteiger charge is 2.25. The van der Waals surface area contributed by atoms with E-state index in [-0.39, 0.29) is 5.54 Å². The summed E-state index contributed by atoms with van der Waals surface area (Å²) in [6.07, 6.45) is 0. The van der Waals surface area contributed by atoms with Crippen molar-refractivity contribution in [2.24, 2.45) is 5.73 Å². The first-order valence-electron chi connectivity index (χ1n) is 6.89. The van der Waals surface area contributed by atoms with Crippen molar-refractivity contribution in [3.63, 3.8) is 0 Å². The number of anilines is 1. The summed E-state index contributed by atoms with van der Waals surface area (Å²) >= 11 is 3.57. The van der Waals surface area contributed by atoms with Gasteiger partial charge in [-0.05, 0) is 44.5 Å². The molecule has 1 aromatic carbocycles. The Morgan fingerprint density at radius 2 is 1.74 bits per heavy atom. The van der Waals surface area contributed by atoms with Crippen LogP contribution in [-0.2, 0) is 6.54 Å². The van der Waals surface area contributed by atoms with Gasteiger partial charge in [0.2, 0.25) is 0 Å². The van der Waals surface area contributed by atoms with Crippen LogP contribution < -0.4 is 10.6 Å². The van der Waals surface area contributed by atoms with E-state index in [1.54, 1.807) is 0 Å². The van der Waals surface area contributed by atoms with Crippen molar-refractivity contribution in [2.45, 2.75) is 32.9 Å². The maximum Gasteiger partial charge on any atom is 0.0381 e. The quantitative estimate of drug-likeness (QED) is 0.907. The molecule has 0 atom stereocenters. The minimum Gasteiger partial charge on any atom is -0.369 e. The van der Waals surface area contributed by atoms with Crippen molar-refractivity contribution in [2.75, 3.05) is 31.1 Å². The number of nitrogens with zero attached hydrogens (tertiary/aromatic N) is 2. The predicted octanol–water partition coefficient (Wildman–Crippen LogP) is 2.83. The van der Waals surface area contributed by atoms with Crippen molar-refractivity contribution in [3.8, 4) is 0 Å². The molecule has 0 bridgehead atoms. The standard InChI is InChI=1S/C15H24BrN3/c1-15(2,3)19-6-4-18(5-7-19)14-9-12(11-17)8-13(16)10-14/h8-10H,4-7,11,17H2,1-3H3. The van der Waals surface area contributed by atoms with Gasteiger partial charge in [-0.3, -0.25) is 4.90 Å². The summed E-state index contributed by atoms with van der Waals surface area (Å²) in [6, 6.07) is 6.48. The van der Waals surface area contributed by atoms with Gasteiger partial charge in [0.15, 0.2) is 0 Å². The van der Waals surface area contributed by atoms with Crippen LogP contribution in [0.25, 0.3) is 0 Å². The number of nitrogens with two attached hydrogens (primary N) is 1. The molecule has 0 radical (unpaired) electrons. The Balaban J connectivity index is 2.07. The summed E-state index contributed by atoms with van der Waals surface area (Å²) in [5, 5.41) is 0. The van der Waals surface area contributed by atoms with Crippen LogP contribution in [0.15, 0.2) is 22.7 Å². The van der Waals surface area contributed by atoms with Gasteiger partial charge in [0.1, 0.15) is 0 Å². The third-order valence-corrected chi connectivity index (χ3v) is 4.23. The predicted molar refractivity (Wildman–Crippen MR) is 85.6 cm³/mol. The largest absolute Gasteiger partial charge is 0.369 e. The zero-order valence-electron chi connectivity index (χ0n) is 12.1. The second-order valence-corrected chi connectivity index (χ2v) is 7.08. The van der Waals surface area contributed by atoms with Crippen LogP contribution in [0.2, 0.25) is 0 Å². The summed E-state index contributed by atoms with van der Waals surface area (Å²) in [4.78, 5) is 5.00. The molecule has 2 N–H and O–H groups in total. The van der Waals surface area contributed by atoms with Gasteiger partial charge in [-0.2, -0.15) is 0 Å². The van der Waals surface area contributed by atoms with E-state index in [0.717, 1.165) is 30.7 Å². The Morgan fingerprint density at radius 1 is 1.11 bits per heavy atom. The van der Waals surface area contributed by atoms with Crippen molar-refractivity contribution in [3.05, 3.63) is 28.2 Å². The monoisotopic (exact) mass is 325 g/mol. The first-order valence-corrected chi connectivity index (χ1v) is 7.69. The number of piperazine rings is 1. The number of hydrogen-bond acceptors (Lipinski definition) is 3. The molecule has 1 fully saturated rings.